The van der Waals surface area contributed by atoms with E-state index in [1.807, 2.05) is 24.9 Å². The predicted octanol–water partition coefficient (Wildman–Crippen LogP) is 2.45. The third-order valence-electron chi connectivity index (χ3n) is 2.48. The number of rotatable bonds is 4. The van der Waals surface area contributed by atoms with E-state index in [2.05, 4.69) is 4.74 Å². The minimum absolute atomic E-state index is 0.135. The molecule has 0 amide bonds. The molecule has 0 aliphatic carbocycles. The molecule has 2 rings (SSSR count). The maximum atomic E-state index is 12.3. The molecule has 1 aliphatic rings. The van der Waals surface area contributed by atoms with Gasteiger partial charge in [0, 0.05) is 7.05 Å². The highest BCUT2D eigenvalue weighted by Gasteiger charge is 2.28. The summed E-state index contributed by atoms with van der Waals surface area (Å²) in [7, 11) is 1.87. The summed E-state index contributed by atoms with van der Waals surface area (Å²) in [6.45, 7) is -0.0339. The standard InChI is InChI=1S/C11H14F2N2O2/c1-3-16-15-7-14(2)8-5-4-6-9(10(8)15)17-11(12)13/h4-6,11H,3,7H2,1-2H3. The first kappa shape index (κ1) is 11.9. The fourth-order valence-corrected chi connectivity index (χ4v) is 1.86. The van der Waals surface area contributed by atoms with Gasteiger partial charge in [-0.3, -0.25) is 4.84 Å². The van der Waals surface area contributed by atoms with Crippen LogP contribution in [0.5, 0.6) is 5.75 Å². The molecule has 0 radical (unpaired) electrons. The van der Waals surface area contributed by atoms with Crippen molar-refractivity contribution in [3.05, 3.63) is 18.2 Å². The quantitative estimate of drug-likeness (QED) is 0.812. The third kappa shape index (κ3) is 2.26. The molecule has 6 heteroatoms. The van der Waals surface area contributed by atoms with Gasteiger partial charge in [0.2, 0.25) is 0 Å². The summed E-state index contributed by atoms with van der Waals surface area (Å²) >= 11 is 0. The lowest BCUT2D eigenvalue weighted by Crippen LogP contribution is -2.28. The van der Waals surface area contributed by atoms with E-state index in [1.54, 1.807) is 11.1 Å². The number of benzene rings is 1. The molecule has 0 saturated heterocycles. The van der Waals surface area contributed by atoms with Gasteiger partial charge in [0.15, 0.2) is 5.75 Å². The average Bonchev–Trinajstić information content (AvgIpc) is 2.57. The van der Waals surface area contributed by atoms with Gasteiger partial charge in [-0.1, -0.05) is 6.07 Å². The lowest BCUT2D eigenvalue weighted by Gasteiger charge is -2.19. The zero-order valence-electron chi connectivity index (χ0n) is 9.69. The van der Waals surface area contributed by atoms with Crippen LogP contribution in [0.15, 0.2) is 18.2 Å². The first-order valence-corrected chi connectivity index (χ1v) is 5.33. The third-order valence-corrected chi connectivity index (χ3v) is 2.48. The Kier molecular flexibility index (Phi) is 3.33. The molecule has 1 aromatic rings. The molecule has 4 nitrogen and oxygen atoms in total. The molecular weight excluding hydrogens is 230 g/mol. The van der Waals surface area contributed by atoms with Gasteiger partial charge in [-0.05, 0) is 19.1 Å². The number of halogens is 2. The summed E-state index contributed by atoms with van der Waals surface area (Å²) in [6, 6.07) is 5.03. The molecule has 1 aliphatic heterocycles. The van der Waals surface area contributed by atoms with Gasteiger partial charge in [0.1, 0.15) is 12.4 Å². The number of nitrogens with zero attached hydrogens (tertiary/aromatic N) is 2. The van der Waals surface area contributed by atoms with E-state index in [-0.39, 0.29) is 5.75 Å². The number of hydrogen-bond donors (Lipinski definition) is 0. The minimum Gasteiger partial charge on any atom is -0.432 e. The van der Waals surface area contributed by atoms with Crippen molar-refractivity contribution in [1.29, 1.82) is 0 Å². The predicted molar refractivity (Wildman–Crippen MR) is 60.4 cm³/mol. The van der Waals surface area contributed by atoms with Gasteiger partial charge in [-0.25, -0.2) is 5.06 Å². The van der Waals surface area contributed by atoms with Crippen LogP contribution in [0.1, 0.15) is 6.92 Å². The van der Waals surface area contributed by atoms with Crippen molar-refractivity contribution in [2.24, 2.45) is 0 Å². The normalized spacial score (nSPS) is 14.4. The highest BCUT2D eigenvalue weighted by molar-refractivity contribution is 5.80. The Morgan fingerprint density at radius 2 is 2.18 bits per heavy atom. The van der Waals surface area contributed by atoms with Crippen LogP contribution in [0, 0.1) is 0 Å². The smallest absolute Gasteiger partial charge is 0.387 e. The molecule has 0 bridgehead atoms. The van der Waals surface area contributed by atoms with E-state index in [1.165, 1.54) is 6.07 Å². The Morgan fingerprint density at radius 1 is 1.41 bits per heavy atom. The topological polar surface area (TPSA) is 24.9 Å². The zero-order chi connectivity index (χ0) is 12.4. The van der Waals surface area contributed by atoms with E-state index in [0.717, 1.165) is 5.69 Å². The van der Waals surface area contributed by atoms with E-state index in [4.69, 9.17) is 4.84 Å². The monoisotopic (exact) mass is 244 g/mol. The molecule has 1 aromatic carbocycles. The van der Waals surface area contributed by atoms with Crippen LogP contribution in [0.2, 0.25) is 0 Å². The molecule has 1 heterocycles. The molecule has 0 atom stereocenters. The second-order valence-corrected chi connectivity index (χ2v) is 3.64. The fourth-order valence-electron chi connectivity index (χ4n) is 1.86. The van der Waals surface area contributed by atoms with Gasteiger partial charge in [0.05, 0.1) is 12.3 Å². The van der Waals surface area contributed by atoms with Crippen molar-refractivity contribution in [2.45, 2.75) is 13.5 Å². The Hall–Kier alpha value is -1.56. The molecule has 0 aromatic heterocycles. The number of fused-ring (bicyclic) bond motifs is 1. The second-order valence-electron chi connectivity index (χ2n) is 3.64. The number of para-hydroxylation sites is 1. The largest absolute Gasteiger partial charge is 0.432 e. The maximum Gasteiger partial charge on any atom is 0.387 e. The summed E-state index contributed by atoms with van der Waals surface area (Å²) in [5.74, 6) is 0.135. The van der Waals surface area contributed by atoms with Crippen LogP contribution < -0.4 is 14.7 Å². The molecule has 0 fully saturated rings. The Bertz CT molecular complexity index is 401. The number of hydrogen-bond acceptors (Lipinski definition) is 4. The Balaban J connectivity index is 2.36. The van der Waals surface area contributed by atoms with Crippen molar-refractivity contribution in [2.75, 3.05) is 30.3 Å². The van der Waals surface area contributed by atoms with Gasteiger partial charge >= 0.3 is 6.61 Å². The van der Waals surface area contributed by atoms with Crippen molar-refractivity contribution in [1.82, 2.24) is 0 Å². The molecular formula is C11H14F2N2O2. The maximum absolute atomic E-state index is 12.3. The van der Waals surface area contributed by atoms with Crippen LogP contribution in [-0.4, -0.2) is 26.9 Å². The van der Waals surface area contributed by atoms with E-state index >= 15 is 0 Å². The highest BCUT2D eigenvalue weighted by atomic mass is 19.3. The van der Waals surface area contributed by atoms with Crippen molar-refractivity contribution in [3.8, 4) is 5.75 Å². The first-order chi connectivity index (χ1) is 8.13. The van der Waals surface area contributed by atoms with Crippen LogP contribution >= 0.6 is 0 Å². The molecule has 0 saturated carbocycles. The lowest BCUT2D eigenvalue weighted by molar-refractivity contribution is -0.0500. The summed E-state index contributed by atoms with van der Waals surface area (Å²) in [5, 5.41) is 1.56. The number of hydroxylamine groups is 1. The first-order valence-electron chi connectivity index (χ1n) is 5.33. The summed E-state index contributed by atoms with van der Waals surface area (Å²) in [5.41, 5.74) is 1.37. The number of alkyl halides is 2. The Morgan fingerprint density at radius 3 is 2.82 bits per heavy atom. The summed E-state index contributed by atoms with van der Waals surface area (Å²) in [4.78, 5) is 7.29. The van der Waals surface area contributed by atoms with Crippen LogP contribution in [0.25, 0.3) is 0 Å². The van der Waals surface area contributed by atoms with Crippen molar-refractivity contribution >= 4 is 11.4 Å². The molecule has 17 heavy (non-hydrogen) atoms. The second kappa shape index (κ2) is 4.75. The summed E-state index contributed by atoms with van der Waals surface area (Å²) < 4.78 is 29.1. The summed E-state index contributed by atoms with van der Waals surface area (Å²) in [6.07, 6.45) is 0. The molecule has 0 spiro atoms. The van der Waals surface area contributed by atoms with Crippen LogP contribution in [0.4, 0.5) is 20.2 Å². The van der Waals surface area contributed by atoms with Gasteiger partial charge in [-0.2, -0.15) is 8.78 Å². The van der Waals surface area contributed by atoms with E-state index < -0.39 is 6.61 Å². The van der Waals surface area contributed by atoms with Crippen LogP contribution in [0.3, 0.4) is 0 Å². The van der Waals surface area contributed by atoms with Crippen molar-refractivity contribution in [3.63, 3.8) is 0 Å². The fraction of sp³-hybridized carbons (Fsp3) is 0.455. The van der Waals surface area contributed by atoms with Gasteiger partial charge in [-0.15, -0.1) is 0 Å². The van der Waals surface area contributed by atoms with Gasteiger partial charge < -0.3 is 9.64 Å². The van der Waals surface area contributed by atoms with E-state index in [0.29, 0.717) is 19.0 Å². The number of ether oxygens (including phenoxy) is 1. The zero-order valence-corrected chi connectivity index (χ0v) is 9.69. The van der Waals surface area contributed by atoms with Crippen molar-refractivity contribution < 1.29 is 18.4 Å². The SMILES string of the molecule is CCON1CN(C)c2cccc(OC(F)F)c21. The molecule has 94 valence electrons. The molecule has 0 N–H and O–H groups in total. The average molecular weight is 244 g/mol. The highest BCUT2D eigenvalue weighted by Crippen LogP contribution is 2.43. The van der Waals surface area contributed by atoms with Crippen LogP contribution in [-0.2, 0) is 4.84 Å². The number of anilines is 2. The van der Waals surface area contributed by atoms with E-state index in [9.17, 15) is 8.78 Å². The Labute approximate surface area is 98.3 Å². The minimum atomic E-state index is -2.84. The molecule has 0 unspecified atom stereocenters. The lowest BCUT2D eigenvalue weighted by atomic mass is 10.2. The van der Waals surface area contributed by atoms with Gasteiger partial charge in [0.25, 0.3) is 0 Å².